The zero-order valence-electron chi connectivity index (χ0n) is 8.85. The molecule has 2 rings (SSSR count). The Morgan fingerprint density at radius 1 is 1.12 bits per heavy atom. The number of hydrogen-bond acceptors (Lipinski definition) is 1. The standard InChI is InChI=1S/C10H9Cl4N2O/c1-15-4-16(2-3-17)10-8(14)6(12)5(11)7(13)9(10)15/h4,17H,2-3H2,1H3/q+1. The van der Waals surface area contributed by atoms with Crippen LogP contribution in [-0.2, 0) is 13.6 Å². The molecule has 0 aliphatic heterocycles. The molecule has 2 aromatic rings. The number of fused-ring (bicyclic) bond motifs is 1. The van der Waals surface area contributed by atoms with Crippen LogP contribution in [-0.4, -0.2) is 16.3 Å². The number of aliphatic hydroxyl groups excluding tert-OH is 1. The maximum absolute atomic E-state index is 9.01. The zero-order chi connectivity index (χ0) is 12.7. The molecule has 0 spiro atoms. The Morgan fingerprint density at radius 3 is 2.29 bits per heavy atom. The fraction of sp³-hybridized carbons (Fsp3) is 0.300. The molecule has 0 aliphatic rings. The van der Waals surface area contributed by atoms with Crippen molar-refractivity contribution in [1.29, 1.82) is 0 Å². The Bertz CT molecular complexity index is 594. The summed E-state index contributed by atoms with van der Waals surface area (Å²) in [6, 6.07) is 0. The third kappa shape index (κ3) is 2.00. The Balaban J connectivity index is 2.92. The quantitative estimate of drug-likeness (QED) is 0.515. The second-order valence-corrected chi connectivity index (χ2v) is 5.11. The van der Waals surface area contributed by atoms with E-state index in [1.165, 1.54) is 0 Å². The molecule has 1 aromatic carbocycles. The Morgan fingerprint density at radius 2 is 1.71 bits per heavy atom. The van der Waals surface area contributed by atoms with Crippen LogP contribution in [0.2, 0.25) is 20.1 Å². The number of rotatable bonds is 2. The van der Waals surface area contributed by atoms with Gasteiger partial charge in [-0.15, -0.1) is 0 Å². The molecule has 1 aromatic heterocycles. The van der Waals surface area contributed by atoms with Crippen molar-refractivity contribution in [2.24, 2.45) is 7.05 Å². The third-order valence-electron chi connectivity index (χ3n) is 2.51. The van der Waals surface area contributed by atoms with E-state index in [1.54, 1.807) is 15.5 Å². The highest BCUT2D eigenvalue weighted by atomic mass is 35.5. The van der Waals surface area contributed by atoms with Gasteiger partial charge >= 0.3 is 0 Å². The monoisotopic (exact) mass is 313 g/mol. The SMILES string of the molecule is C[n+]1cn(CCO)c2c(Cl)c(Cl)c(Cl)c(Cl)c21. The highest BCUT2D eigenvalue weighted by Crippen LogP contribution is 2.41. The van der Waals surface area contributed by atoms with E-state index in [0.29, 0.717) is 27.6 Å². The molecule has 0 saturated carbocycles. The molecule has 1 heterocycles. The van der Waals surface area contributed by atoms with Gasteiger partial charge in [0.05, 0.1) is 23.7 Å². The minimum atomic E-state index is -0.00201. The molecule has 17 heavy (non-hydrogen) atoms. The van der Waals surface area contributed by atoms with Crippen LogP contribution >= 0.6 is 46.4 Å². The summed E-state index contributed by atoms with van der Waals surface area (Å²) >= 11 is 24.3. The maximum Gasteiger partial charge on any atom is 0.244 e. The van der Waals surface area contributed by atoms with E-state index < -0.39 is 0 Å². The lowest BCUT2D eigenvalue weighted by molar-refractivity contribution is -0.645. The number of aromatic nitrogens is 2. The summed E-state index contributed by atoms with van der Waals surface area (Å²) in [7, 11) is 1.82. The molecular formula is C10H9Cl4N2O+. The van der Waals surface area contributed by atoms with E-state index in [4.69, 9.17) is 51.5 Å². The first-order valence-corrected chi connectivity index (χ1v) is 6.31. The van der Waals surface area contributed by atoms with Gasteiger partial charge in [0.15, 0.2) is 11.0 Å². The summed E-state index contributed by atoms with van der Waals surface area (Å²) < 4.78 is 3.58. The molecule has 0 saturated heterocycles. The predicted octanol–water partition coefficient (Wildman–Crippen LogP) is 3.07. The van der Waals surface area contributed by atoms with Crippen LogP contribution in [0.15, 0.2) is 6.33 Å². The summed E-state index contributed by atoms with van der Waals surface area (Å²) in [6.45, 7) is 0.406. The van der Waals surface area contributed by atoms with Crippen LogP contribution in [0.3, 0.4) is 0 Å². The van der Waals surface area contributed by atoms with Gasteiger partial charge in [-0.25, -0.2) is 9.13 Å². The average Bonchev–Trinajstić information content (AvgIpc) is 2.61. The van der Waals surface area contributed by atoms with Crippen LogP contribution < -0.4 is 4.57 Å². The molecule has 0 atom stereocenters. The van der Waals surface area contributed by atoms with Crippen LogP contribution in [0.4, 0.5) is 0 Å². The highest BCUT2D eigenvalue weighted by molar-refractivity contribution is 6.54. The van der Waals surface area contributed by atoms with E-state index >= 15 is 0 Å². The second-order valence-electron chi connectivity index (χ2n) is 3.60. The molecule has 3 nitrogen and oxygen atoms in total. The summed E-state index contributed by atoms with van der Waals surface area (Å²) in [6.07, 6.45) is 1.78. The molecule has 0 bridgehead atoms. The highest BCUT2D eigenvalue weighted by Gasteiger charge is 2.25. The smallest absolute Gasteiger partial charge is 0.244 e. The lowest BCUT2D eigenvalue weighted by Crippen LogP contribution is -2.26. The summed E-state index contributed by atoms with van der Waals surface area (Å²) in [5.41, 5.74) is 1.36. The molecule has 0 unspecified atom stereocenters. The lowest BCUT2D eigenvalue weighted by atomic mass is 10.3. The number of hydrogen-bond donors (Lipinski definition) is 1. The number of nitrogens with zero attached hydrogens (tertiary/aromatic N) is 2. The van der Waals surface area contributed by atoms with Gasteiger partial charge in [-0.05, 0) is 0 Å². The molecule has 0 aliphatic carbocycles. The average molecular weight is 315 g/mol. The fourth-order valence-electron chi connectivity index (χ4n) is 1.79. The Hall–Kier alpha value is -0.190. The zero-order valence-corrected chi connectivity index (χ0v) is 11.9. The van der Waals surface area contributed by atoms with Crippen molar-refractivity contribution >= 4 is 57.4 Å². The minimum absolute atomic E-state index is 0.00201. The normalized spacial score (nSPS) is 11.4. The first-order valence-electron chi connectivity index (χ1n) is 4.80. The molecule has 7 heteroatoms. The van der Waals surface area contributed by atoms with E-state index in [1.807, 2.05) is 7.05 Å². The third-order valence-corrected chi connectivity index (χ3v) is 4.29. The number of aryl methyl sites for hydroxylation is 1. The van der Waals surface area contributed by atoms with Crippen molar-refractivity contribution in [1.82, 2.24) is 4.57 Å². The van der Waals surface area contributed by atoms with Gasteiger partial charge in [-0.2, -0.15) is 0 Å². The van der Waals surface area contributed by atoms with E-state index in [0.717, 1.165) is 0 Å². The predicted molar refractivity (Wildman–Crippen MR) is 70.2 cm³/mol. The topological polar surface area (TPSA) is 29.0 Å². The van der Waals surface area contributed by atoms with Crippen LogP contribution in [0.25, 0.3) is 11.0 Å². The molecule has 0 radical (unpaired) electrons. The van der Waals surface area contributed by atoms with Crippen molar-refractivity contribution in [2.45, 2.75) is 6.54 Å². The van der Waals surface area contributed by atoms with Crippen molar-refractivity contribution in [3.05, 3.63) is 26.4 Å². The first kappa shape index (κ1) is 13.2. The van der Waals surface area contributed by atoms with Crippen LogP contribution in [0, 0.1) is 0 Å². The Kier molecular flexibility index (Phi) is 3.76. The van der Waals surface area contributed by atoms with Crippen molar-refractivity contribution < 1.29 is 9.67 Å². The van der Waals surface area contributed by atoms with E-state index in [2.05, 4.69) is 0 Å². The van der Waals surface area contributed by atoms with Gasteiger partial charge in [-0.3, -0.25) is 0 Å². The number of halogens is 4. The molecule has 92 valence electrons. The number of imidazole rings is 1. The van der Waals surface area contributed by atoms with Gasteiger partial charge in [-0.1, -0.05) is 46.4 Å². The number of aliphatic hydroxyl groups is 1. The second kappa shape index (κ2) is 4.82. The molecular weight excluding hydrogens is 306 g/mol. The molecule has 0 fully saturated rings. The fourth-order valence-corrected chi connectivity index (χ4v) is 2.87. The summed E-state index contributed by atoms with van der Waals surface area (Å²) in [5, 5.41) is 10.2. The largest absolute Gasteiger partial charge is 0.392 e. The summed E-state index contributed by atoms with van der Waals surface area (Å²) in [5.74, 6) is 0. The van der Waals surface area contributed by atoms with E-state index in [9.17, 15) is 0 Å². The summed E-state index contributed by atoms with van der Waals surface area (Å²) in [4.78, 5) is 0. The van der Waals surface area contributed by atoms with Crippen molar-refractivity contribution in [3.8, 4) is 0 Å². The molecule has 1 N–H and O–H groups in total. The minimum Gasteiger partial charge on any atom is -0.392 e. The maximum atomic E-state index is 9.01. The lowest BCUT2D eigenvalue weighted by Gasteiger charge is -2.03. The van der Waals surface area contributed by atoms with Crippen LogP contribution in [0.1, 0.15) is 0 Å². The molecule has 0 amide bonds. The van der Waals surface area contributed by atoms with Gasteiger partial charge < -0.3 is 5.11 Å². The Labute approximate surface area is 118 Å². The van der Waals surface area contributed by atoms with Crippen molar-refractivity contribution in [2.75, 3.05) is 6.61 Å². The van der Waals surface area contributed by atoms with Gasteiger partial charge in [0.1, 0.15) is 16.6 Å². The van der Waals surface area contributed by atoms with Gasteiger partial charge in [0, 0.05) is 0 Å². The van der Waals surface area contributed by atoms with Gasteiger partial charge in [0.25, 0.3) is 0 Å². The van der Waals surface area contributed by atoms with Gasteiger partial charge in [0.2, 0.25) is 6.33 Å². The van der Waals surface area contributed by atoms with Crippen LogP contribution in [0.5, 0.6) is 0 Å². The number of benzene rings is 1. The first-order chi connectivity index (χ1) is 7.99. The van der Waals surface area contributed by atoms with E-state index in [-0.39, 0.29) is 16.7 Å². The van der Waals surface area contributed by atoms with Crippen molar-refractivity contribution in [3.63, 3.8) is 0 Å².